The third kappa shape index (κ3) is 4.03. The van der Waals surface area contributed by atoms with E-state index in [1.54, 1.807) is 31.4 Å². The highest BCUT2D eigenvalue weighted by Crippen LogP contribution is 2.34. The number of hydrogen-bond donors (Lipinski definition) is 1. The number of benzene rings is 3. The Morgan fingerprint density at radius 3 is 1.79 bits per heavy atom. The van der Waals surface area contributed by atoms with E-state index in [1.807, 2.05) is 40.4 Å². The molecule has 0 aliphatic heterocycles. The minimum absolute atomic E-state index is 0.0173. The molecule has 1 heterocycles. The van der Waals surface area contributed by atoms with Gasteiger partial charge in [0.1, 0.15) is 11.4 Å². The first-order chi connectivity index (χ1) is 15.8. The molecule has 0 fully saturated rings. The Morgan fingerprint density at radius 2 is 1.30 bits per heavy atom. The molecule has 4 rings (SSSR count). The molecule has 0 spiro atoms. The van der Waals surface area contributed by atoms with Crippen molar-refractivity contribution in [2.75, 3.05) is 7.11 Å². The summed E-state index contributed by atoms with van der Waals surface area (Å²) < 4.78 is 9.04. The van der Waals surface area contributed by atoms with E-state index in [4.69, 9.17) is 17.4 Å². The average Bonchev–Trinajstić information content (AvgIpc) is 3.09. The Morgan fingerprint density at radius 1 is 0.818 bits per heavy atom. The van der Waals surface area contributed by atoms with Gasteiger partial charge in [-0.3, -0.25) is 20.2 Å². The van der Waals surface area contributed by atoms with Crippen molar-refractivity contribution in [3.05, 3.63) is 93.0 Å². The first kappa shape index (κ1) is 22.0. The van der Waals surface area contributed by atoms with Gasteiger partial charge in [0.15, 0.2) is 5.69 Å². The van der Waals surface area contributed by atoms with Gasteiger partial charge in [0, 0.05) is 29.8 Å². The van der Waals surface area contributed by atoms with Gasteiger partial charge in [0.05, 0.1) is 29.6 Å². The highest BCUT2D eigenvalue weighted by atomic mass is 32.1. The molecular formula is C23H19N4O5S+. The molecule has 4 aromatic rings. The van der Waals surface area contributed by atoms with Crippen LogP contribution < -0.4 is 9.30 Å². The van der Waals surface area contributed by atoms with Crippen LogP contribution in [-0.4, -0.2) is 21.5 Å². The van der Waals surface area contributed by atoms with Crippen LogP contribution in [0.5, 0.6) is 5.75 Å². The zero-order valence-electron chi connectivity index (χ0n) is 17.7. The summed E-state index contributed by atoms with van der Waals surface area (Å²) in [7, 11) is 3.47. The van der Waals surface area contributed by atoms with Crippen molar-refractivity contribution < 1.29 is 19.2 Å². The van der Waals surface area contributed by atoms with Crippen molar-refractivity contribution in [1.82, 2.24) is 4.57 Å². The summed E-state index contributed by atoms with van der Waals surface area (Å²) in [5.74, 6) is 1.42. The first-order valence-corrected chi connectivity index (χ1v) is 10.2. The van der Waals surface area contributed by atoms with Crippen molar-refractivity contribution in [3.8, 4) is 34.1 Å². The Kier molecular flexibility index (Phi) is 5.84. The van der Waals surface area contributed by atoms with Gasteiger partial charge in [-0.2, -0.15) is 4.57 Å². The number of ether oxygens (including phenoxy) is 1. The average molecular weight is 463 g/mol. The van der Waals surface area contributed by atoms with Crippen LogP contribution >= 0.6 is 12.6 Å². The number of non-ortho nitro benzene ring substituents is 2. The topological polar surface area (TPSA) is 104 Å². The van der Waals surface area contributed by atoms with E-state index in [0.29, 0.717) is 22.3 Å². The lowest BCUT2D eigenvalue weighted by atomic mass is 10.1. The number of aromatic nitrogens is 2. The second kappa shape index (κ2) is 8.75. The third-order valence-electron chi connectivity index (χ3n) is 5.31. The molecule has 9 nitrogen and oxygen atoms in total. The van der Waals surface area contributed by atoms with Gasteiger partial charge < -0.3 is 4.74 Å². The van der Waals surface area contributed by atoms with E-state index >= 15 is 0 Å². The summed E-state index contributed by atoms with van der Waals surface area (Å²) in [5.41, 5.74) is 3.02. The number of nitro groups is 2. The van der Waals surface area contributed by atoms with Crippen molar-refractivity contribution in [2.45, 2.75) is 5.03 Å². The largest absolute Gasteiger partial charge is 0.497 e. The summed E-state index contributed by atoms with van der Waals surface area (Å²) in [5, 5.41) is 22.8. The summed E-state index contributed by atoms with van der Waals surface area (Å²) in [6.07, 6.45) is 0. The smallest absolute Gasteiger partial charge is 0.295 e. The molecule has 0 radical (unpaired) electrons. The minimum Gasteiger partial charge on any atom is -0.497 e. The molecule has 33 heavy (non-hydrogen) atoms. The Hall–Kier alpha value is -4.18. The molecular weight excluding hydrogens is 444 g/mol. The van der Waals surface area contributed by atoms with Gasteiger partial charge in [-0.25, -0.2) is 4.57 Å². The summed E-state index contributed by atoms with van der Waals surface area (Å²) in [4.78, 5) is 21.3. The zero-order chi connectivity index (χ0) is 23.7. The quantitative estimate of drug-likeness (QED) is 0.192. The number of imidazole rings is 1. The van der Waals surface area contributed by atoms with Crippen LogP contribution in [0, 0.1) is 20.2 Å². The molecule has 0 aliphatic rings. The predicted octanol–water partition coefficient (Wildman–Crippen LogP) is 4.75. The highest BCUT2D eigenvalue weighted by molar-refractivity contribution is 7.80. The monoisotopic (exact) mass is 463 g/mol. The van der Waals surface area contributed by atoms with E-state index in [0.717, 1.165) is 16.8 Å². The second-order valence-corrected chi connectivity index (χ2v) is 7.62. The fourth-order valence-electron chi connectivity index (χ4n) is 3.71. The molecule has 10 heteroatoms. The molecule has 166 valence electrons. The molecule has 0 saturated heterocycles. The Labute approximate surface area is 194 Å². The van der Waals surface area contributed by atoms with Crippen LogP contribution in [0.2, 0.25) is 0 Å². The standard InChI is InChI=1S/C23H18N4O5S/c1-24-21(15-5-13-20(32-2)14-6-15)23(33)25(17-9-11-19(12-10-17)27(30)31)22(24)16-3-7-18(8-4-16)26(28)29/h3-14H,1-2H3/p+1. The molecule has 0 atom stereocenters. The highest BCUT2D eigenvalue weighted by Gasteiger charge is 2.31. The van der Waals surface area contributed by atoms with Crippen LogP contribution in [0.15, 0.2) is 77.8 Å². The van der Waals surface area contributed by atoms with E-state index in [-0.39, 0.29) is 11.4 Å². The molecule has 3 aromatic carbocycles. The molecule has 0 unspecified atom stereocenters. The maximum atomic E-state index is 11.1. The van der Waals surface area contributed by atoms with Crippen molar-refractivity contribution in [2.24, 2.45) is 7.05 Å². The number of rotatable bonds is 6. The van der Waals surface area contributed by atoms with Gasteiger partial charge in [-0.05, 0) is 48.5 Å². The number of nitro benzene ring substituents is 2. The van der Waals surface area contributed by atoms with Crippen LogP contribution in [-0.2, 0) is 7.05 Å². The van der Waals surface area contributed by atoms with Gasteiger partial charge in [-0.1, -0.05) is 12.6 Å². The van der Waals surface area contributed by atoms with Crippen LogP contribution in [0.4, 0.5) is 11.4 Å². The van der Waals surface area contributed by atoms with E-state index < -0.39 is 9.85 Å². The summed E-state index contributed by atoms with van der Waals surface area (Å²) in [6.45, 7) is 0. The summed E-state index contributed by atoms with van der Waals surface area (Å²) in [6, 6.07) is 19.9. The number of methoxy groups -OCH3 is 1. The van der Waals surface area contributed by atoms with Crippen molar-refractivity contribution in [3.63, 3.8) is 0 Å². The lowest BCUT2D eigenvalue weighted by Crippen LogP contribution is -2.32. The number of nitrogens with zero attached hydrogens (tertiary/aromatic N) is 4. The van der Waals surface area contributed by atoms with Gasteiger partial charge >= 0.3 is 0 Å². The Balaban J connectivity index is 1.96. The fourth-order valence-corrected chi connectivity index (χ4v) is 4.20. The molecule has 0 saturated carbocycles. The van der Waals surface area contributed by atoms with Crippen LogP contribution in [0.25, 0.3) is 28.3 Å². The minimum atomic E-state index is -0.457. The van der Waals surface area contributed by atoms with E-state index in [1.165, 1.54) is 24.3 Å². The molecule has 0 aliphatic carbocycles. The van der Waals surface area contributed by atoms with Crippen molar-refractivity contribution in [1.29, 1.82) is 0 Å². The Bertz CT molecular complexity index is 1270. The normalized spacial score (nSPS) is 10.8. The van der Waals surface area contributed by atoms with Gasteiger partial charge in [0.2, 0.25) is 5.03 Å². The van der Waals surface area contributed by atoms with Crippen LogP contribution in [0.1, 0.15) is 0 Å². The predicted molar refractivity (Wildman–Crippen MR) is 125 cm³/mol. The lowest BCUT2D eigenvalue weighted by molar-refractivity contribution is -0.649. The van der Waals surface area contributed by atoms with Gasteiger partial charge in [-0.15, -0.1) is 0 Å². The fraction of sp³-hybridized carbons (Fsp3) is 0.0870. The molecule has 1 aromatic heterocycles. The molecule has 0 bridgehead atoms. The third-order valence-corrected chi connectivity index (χ3v) is 5.72. The summed E-state index contributed by atoms with van der Waals surface area (Å²) >= 11 is 4.81. The molecule has 0 amide bonds. The second-order valence-electron chi connectivity index (χ2n) is 7.20. The van der Waals surface area contributed by atoms with Crippen LogP contribution in [0.3, 0.4) is 0 Å². The zero-order valence-corrected chi connectivity index (χ0v) is 18.6. The SMILES string of the molecule is COc1ccc(-c2c(S)n(-c3ccc([N+](=O)[O-])cc3)c(-c3ccc([N+](=O)[O-])cc3)[n+]2C)cc1. The van der Waals surface area contributed by atoms with E-state index in [9.17, 15) is 20.2 Å². The number of thiol groups is 1. The maximum Gasteiger partial charge on any atom is 0.295 e. The van der Waals surface area contributed by atoms with Gasteiger partial charge in [0.25, 0.3) is 17.2 Å². The maximum absolute atomic E-state index is 11.1. The number of hydrogen-bond acceptors (Lipinski definition) is 6. The lowest BCUT2D eigenvalue weighted by Gasteiger charge is -2.04. The molecule has 0 N–H and O–H groups in total. The van der Waals surface area contributed by atoms with Crippen molar-refractivity contribution >= 4 is 24.0 Å². The van der Waals surface area contributed by atoms with E-state index in [2.05, 4.69) is 0 Å². The first-order valence-electron chi connectivity index (χ1n) is 9.79.